The molecule has 0 aliphatic carbocycles. The average molecular weight is 395 g/mol. The zero-order valence-electron chi connectivity index (χ0n) is 16.6. The topological polar surface area (TPSA) is 78.2 Å². The zero-order valence-corrected chi connectivity index (χ0v) is 16.6. The lowest BCUT2D eigenvalue weighted by molar-refractivity contribution is 0.666. The second kappa shape index (κ2) is 7.15. The largest absolute Gasteiger partial charge is 0.384 e. The molecular formula is C24H21N5O. The molecule has 0 atom stereocenters. The van der Waals surface area contributed by atoms with Crippen LogP contribution < -0.4 is 11.3 Å². The number of nitrogens with zero attached hydrogens (tertiary/aromatic N) is 4. The highest BCUT2D eigenvalue weighted by atomic mass is 16.1. The Hall–Kier alpha value is -3.93. The summed E-state index contributed by atoms with van der Waals surface area (Å²) in [6, 6.07) is 21.5. The van der Waals surface area contributed by atoms with Gasteiger partial charge in [-0.3, -0.25) is 9.36 Å². The minimum Gasteiger partial charge on any atom is -0.384 e. The maximum absolute atomic E-state index is 13.3. The van der Waals surface area contributed by atoms with E-state index < -0.39 is 0 Å². The molecule has 6 heteroatoms. The monoisotopic (exact) mass is 395 g/mol. The number of aryl methyl sites for hydroxylation is 1. The zero-order chi connectivity index (χ0) is 20.7. The van der Waals surface area contributed by atoms with E-state index in [1.54, 1.807) is 12.3 Å². The molecule has 0 bridgehead atoms. The van der Waals surface area contributed by atoms with Gasteiger partial charge in [0.25, 0.3) is 5.56 Å². The normalized spacial score (nSPS) is 11.4. The summed E-state index contributed by atoms with van der Waals surface area (Å²) in [5, 5.41) is 5.51. The fraction of sp³-hybridized carbons (Fsp3) is 0.125. The van der Waals surface area contributed by atoms with Crippen LogP contribution in [0.15, 0.2) is 77.7 Å². The SMILES string of the molecule is CCCn1c(=O)c2ccc(-c3ccc(N)nc3)cc2n2nc(-c3ccccc3)cc12. The van der Waals surface area contributed by atoms with E-state index in [4.69, 9.17) is 10.8 Å². The molecule has 0 unspecified atom stereocenters. The van der Waals surface area contributed by atoms with Gasteiger partial charge >= 0.3 is 0 Å². The van der Waals surface area contributed by atoms with Crippen molar-refractivity contribution in [3.63, 3.8) is 0 Å². The molecule has 0 fully saturated rings. The van der Waals surface area contributed by atoms with Crippen LogP contribution in [0.25, 0.3) is 38.9 Å². The van der Waals surface area contributed by atoms with Crippen molar-refractivity contribution < 1.29 is 0 Å². The van der Waals surface area contributed by atoms with E-state index in [0.29, 0.717) is 17.7 Å². The van der Waals surface area contributed by atoms with Crippen LogP contribution in [-0.2, 0) is 6.54 Å². The minimum absolute atomic E-state index is 0.000780. The number of anilines is 1. The van der Waals surface area contributed by atoms with Crippen LogP contribution in [0.2, 0.25) is 0 Å². The highest BCUT2D eigenvalue weighted by Crippen LogP contribution is 2.26. The third-order valence-corrected chi connectivity index (χ3v) is 5.31. The summed E-state index contributed by atoms with van der Waals surface area (Å²) in [5.74, 6) is 0.476. The van der Waals surface area contributed by atoms with Crippen LogP contribution in [0, 0.1) is 0 Å². The molecule has 0 aliphatic heterocycles. The molecular weight excluding hydrogens is 374 g/mol. The molecule has 0 radical (unpaired) electrons. The molecule has 2 aromatic carbocycles. The Balaban J connectivity index is 1.81. The molecule has 0 saturated heterocycles. The quantitative estimate of drug-likeness (QED) is 0.490. The van der Waals surface area contributed by atoms with Crippen molar-refractivity contribution in [3.8, 4) is 22.4 Å². The Morgan fingerprint density at radius 3 is 2.47 bits per heavy atom. The molecule has 2 N–H and O–H groups in total. The van der Waals surface area contributed by atoms with Gasteiger partial charge in [-0.1, -0.05) is 43.3 Å². The van der Waals surface area contributed by atoms with E-state index in [9.17, 15) is 4.79 Å². The van der Waals surface area contributed by atoms with Gasteiger partial charge < -0.3 is 5.73 Å². The van der Waals surface area contributed by atoms with Crippen molar-refractivity contribution >= 4 is 22.4 Å². The number of nitrogen functional groups attached to an aromatic ring is 1. The molecule has 0 amide bonds. The van der Waals surface area contributed by atoms with E-state index in [0.717, 1.165) is 40.0 Å². The van der Waals surface area contributed by atoms with Crippen LogP contribution in [0.5, 0.6) is 0 Å². The number of aromatic nitrogens is 4. The summed E-state index contributed by atoms with van der Waals surface area (Å²) in [4.78, 5) is 17.5. The number of pyridine rings is 1. The van der Waals surface area contributed by atoms with Crippen LogP contribution in [-0.4, -0.2) is 19.2 Å². The molecule has 3 aromatic heterocycles. The number of hydrogen-bond donors (Lipinski definition) is 1. The van der Waals surface area contributed by atoms with E-state index in [2.05, 4.69) is 11.9 Å². The molecule has 5 rings (SSSR count). The van der Waals surface area contributed by atoms with Gasteiger partial charge in [0.15, 0.2) is 0 Å². The summed E-state index contributed by atoms with van der Waals surface area (Å²) in [7, 11) is 0. The van der Waals surface area contributed by atoms with Gasteiger partial charge in [0.05, 0.1) is 16.6 Å². The lowest BCUT2D eigenvalue weighted by Crippen LogP contribution is -2.22. The van der Waals surface area contributed by atoms with Gasteiger partial charge in [-0.25, -0.2) is 9.50 Å². The van der Waals surface area contributed by atoms with Crippen LogP contribution in [0.4, 0.5) is 5.82 Å². The third-order valence-electron chi connectivity index (χ3n) is 5.31. The molecule has 0 saturated carbocycles. The summed E-state index contributed by atoms with van der Waals surface area (Å²) in [6.45, 7) is 2.71. The smallest absolute Gasteiger partial charge is 0.261 e. The van der Waals surface area contributed by atoms with Gasteiger partial charge in [0.1, 0.15) is 11.5 Å². The summed E-state index contributed by atoms with van der Waals surface area (Å²) >= 11 is 0. The van der Waals surface area contributed by atoms with Gasteiger partial charge in [-0.15, -0.1) is 0 Å². The molecule has 30 heavy (non-hydrogen) atoms. The maximum Gasteiger partial charge on any atom is 0.261 e. The number of nitrogens with two attached hydrogens (primary N) is 1. The fourth-order valence-corrected chi connectivity index (χ4v) is 3.82. The number of benzene rings is 2. The van der Waals surface area contributed by atoms with Crippen LogP contribution in [0.1, 0.15) is 13.3 Å². The van der Waals surface area contributed by atoms with Crippen molar-refractivity contribution in [2.75, 3.05) is 5.73 Å². The second-order valence-corrected chi connectivity index (χ2v) is 7.33. The molecule has 0 spiro atoms. The van der Waals surface area contributed by atoms with Crippen molar-refractivity contribution in [3.05, 3.63) is 83.3 Å². The van der Waals surface area contributed by atoms with Gasteiger partial charge in [-0.05, 0) is 36.2 Å². The van der Waals surface area contributed by atoms with Gasteiger partial charge in [0, 0.05) is 29.9 Å². The summed E-state index contributed by atoms with van der Waals surface area (Å²) < 4.78 is 3.69. The minimum atomic E-state index is 0.000780. The van der Waals surface area contributed by atoms with E-state index in [-0.39, 0.29) is 5.56 Å². The number of hydrogen-bond acceptors (Lipinski definition) is 4. The van der Waals surface area contributed by atoms with E-state index in [1.807, 2.05) is 69.7 Å². The molecule has 6 nitrogen and oxygen atoms in total. The Labute approximate surface area is 173 Å². The Bertz CT molecular complexity index is 1420. The molecule has 148 valence electrons. The van der Waals surface area contributed by atoms with Gasteiger partial charge in [0.2, 0.25) is 0 Å². The fourth-order valence-electron chi connectivity index (χ4n) is 3.82. The van der Waals surface area contributed by atoms with E-state index in [1.165, 1.54) is 0 Å². The third kappa shape index (κ3) is 2.93. The second-order valence-electron chi connectivity index (χ2n) is 7.33. The lowest BCUT2D eigenvalue weighted by Gasteiger charge is -2.11. The van der Waals surface area contributed by atoms with Crippen molar-refractivity contribution in [2.24, 2.45) is 0 Å². The van der Waals surface area contributed by atoms with E-state index >= 15 is 0 Å². The molecule has 3 heterocycles. The highest BCUT2D eigenvalue weighted by molar-refractivity contribution is 5.86. The first-order chi connectivity index (χ1) is 14.7. The summed E-state index contributed by atoms with van der Waals surface area (Å²) in [5.41, 5.74) is 11.0. The first-order valence-electron chi connectivity index (χ1n) is 9.99. The maximum atomic E-state index is 13.3. The first-order valence-corrected chi connectivity index (χ1v) is 9.99. The Kier molecular flexibility index (Phi) is 4.32. The van der Waals surface area contributed by atoms with Crippen LogP contribution in [0.3, 0.4) is 0 Å². The Morgan fingerprint density at radius 2 is 1.73 bits per heavy atom. The first kappa shape index (κ1) is 18.1. The molecule has 0 aliphatic rings. The molecule has 5 aromatic rings. The van der Waals surface area contributed by atoms with Crippen molar-refractivity contribution in [1.82, 2.24) is 19.2 Å². The predicted octanol–water partition coefficient (Wildman–Crippen LogP) is 4.37. The Morgan fingerprint density at radius 1 is 0.933 bits per heavy atom. The number of rotatable bonds is 4. The van der Waals surface area contributed by atoms with Crippen molar-refractivity contribution in [2.45, 2.75) is 19.9 Å². The average Bonchev–Trinajstić information content (AvgIpc) is 3.23. The highest BCUT2D eigenvalue weighted by Gasteiger charge is 2.15. The summed E-state index contributed by atoms with van der Waals surface area (Å²) in [6.07, 6.45) is 2.60. The lowest BCUT2D eigenvalue weighted by atomic mass is 10.1. The van der Waals surface area contributed by atoms with Gasteiger partial charge in [-0.2, -0.15) is 5.10 Å². The predicted molar refractivity (Wildman–Crippen MR) is 120 cm³/mol. The standard InChI is InChI=1S/C24H21N5O/c1-2-12-28-23-14-20(16-6-4-3-5-7-16)27-29(23)21-13-17(8-10-19(21)24(28)30)18-9-11-22(25)26-15-18/h3-11,13-15H,2,12H2,1H3,(H2,25,26). The van der Waals surface area contributed by atoms with Crippen molar-refractivity contribution in [1.29, 1.82) is 0 Å². The van der Waals surface area contributed by atoms with Crippen LogP contribution >= 0.6 is 0 Å². The number of fused-ring (bicyclic) bond motifs is 3.